The van der Waals surface area contributed by atoms with Gasteiger partial charge in [-0.15, -0.1) is 0 Å². The van der Waals surface area contributed by atoms with Gasteiger partial charge in [0.2, 0.25) is 0 Å². The fourth-order valence-corrected chi connectivity index (χ4v) is 6.23. The van der Waals surface area contributed by atoms with Gasteiger partial charge in [-0.25, -0.2) is 9.59 Å². The highest BCUT2D eigenvalue weighted by Crippen LogP contribution is 2.56. The van der Waals surface area contributed by atoms with Gasteiger partial charge in [-0.2, -0.15) is 0 Å². The lowest BCUT2D eigenvalue weighted by Crippen LogP contribution is -2.51. The first-order valence-electron chi connectivity index (χ1n) is 14.1. The Hall–Kier alpha value is -4.18. The smallest absolute Gasteiger partial charge is 0.338 e. The van der Waals surface area contributed by atoms with Crippen molar-refractivity contribution in [2.45, 2.75) is 63.6 Å². The van der Waals surface area contributed by atoms with E-state index in [1.54, 1.807) is 24.3 Å². The molecule has 4 heteroatoms. The van der Waals surface area contributed by atoms with Crippen molar-refractivity contribution < 1.29 is 19.1 Å². The lowest BCUT2D eigenvalue weighted by molar-refractivity contribution is -0.0557. The van der Waals surface area contributed by atoms with Crippen molar-refractivity contribution in [3.63, 3.8) is 0 Å². The molecule has 0 N–H and O–H groups in total. The van der Waals surface area contributed by atoms with Crippen LogP contribution in [0.1, 0.15) is 105 Å². The molecule has 0 saturated carbocycles. The largest absolute Gasteiger partial charge is 0.454 e. The number of carbonyl (C=O) groups excluding carboxylic acids is 2. The molecule has 2 unspecified atom stereocenters. The number of fused-ring (bicyclic) bond motifs is 1. The molecule has 0 saturated heterocycles. The molecule has 4 aromatic carbocycles. The van der Waals surface area contributed by atoms with E-state index in [2.05, 4.69) is 64.1 Å². The fourth-order valence-electron chi connectivity index (χ4n) is 6.23. The minimum absolute atomic E-state index is 0.251. The predicted molar refractivity (Wildman–Crippen MR) is 156 cm³/mol. The average Bonchev–Trinajstić information content (AvgIpc) is 2.98. The summed E-state index contributed by atoms with van der Waals surface area (Å²) in [4.78, 5) is 26.9. The Bertz CT molecular complexity index is 1500. The van der Waals surface area contributed by atoms with Gasteiger partial charge in [-0.1, -0.05) is 100 Å². The standard InChI is InChI=1S/C36H34O4/c1-21(2)25-15-17-27-29(19-25)32-30-20-26(22(3)4)16-18-28(30)31(27)33(39-35(37)23-11-7-5-8-12-23)34(32)40-36(38)24-13-9-6-10-14-24/h5-22,31-34H,1-4H3. The molecule has 0 aromatic heterocycles. The molecule has 4 aromatic rings. The van der Waals surface area contributed by atoms with Crippen LogP contribution in [0.4, 0.5) is 0 Å². The minimum Gasteiger partial charge on any atom is -0.454 e. The summed E-state index contributed by atoms with van der Waals surface area (Å²) in [5.41, 5.74) is 8.00. The van der Waals surface area contributed by atoms with Gasteiger partial charge < -0.3 is 9.47 Å². The first-order chi connectivity index (χ1) is 19.3. The highest BCUT2D eigenvalue weighted by molar-refractivity contribution is 5.90. The summed E-state index contributed by atoms with van der Waals surface area (Å²) in [5, 5.41) is 0. The fraction of sp³-hybridized carbons (Fsp3) is 0.278. The second-order valence-electron chi connectivity index (χ2n) is 11.5. The van der Waals surface area contributed by atoms with E-state index in [1.165, 1.54) is 11.1 Å². The lowest BCUT2D eigenvalue weighted by atomic mass is 9.60. The molecule has 0 aliphatic heterocycles. The second kappa shape index (κ2) is 10.4. The monoisotopic (exact) mass is 530 g/mol. The van der Waals surface area contributed by atoms with Crippen molar-refractivity contribution in [2.75, 3.05) is 0 Å². The van der Waals surface area contributed by atoms with Crippen LogP contribution in [0, 0.1) is 0 Å². The van der Waals surface area contributed by atoms with Crippen LogP contribution in [0.25, 0.3) is 0 Å². The molecule has 2 bridgehead atoms. The molecule has 0 fully saturated rings. The van der Waals surface area contributed by atoms with Crippen LogP contribution in [-0.2, 0) is 9.47 Å². The topological polar surface area (TPSA) is 52.6 Å². The Kier molecular flexibility index (Phi) is 6.79. The maximum absolute atomic E-state index is 13.5. The summed E-state index contributed by atoms with van der Waals surface area (Å²) in [5.74, 6) is -0.637. The summed E-state index contributed by atoms with van der Waals surface area (Å²) in [6, 6.07) is 31.3. The molecule has 3 aliphatic rings. The second-order valence-corrected chi connectivity index (χ2v) is 11.5. The molecule has 0 heterocycles. The molecule has 7 rings (SSSR count). The third kappa shape index (κ3) is 4.52. The minimum atomic E-state index is -0.671. The Balaban J connectivity index is 1.52. The number of ether oxygens (including phenoxy) is 2. The molecule has 40 heavy (non-hydrogen) atoms. The van der Waals surface area contributed by atoms with Crippen LogP contribution in [0.5, 0.6) is 0 Å². The van der Waals surface area contributed by atoms with Crippen LogP contribution in [0.15, 0.2) is 97.1 Å². The molecule has 0 spiro atoms. The highest BCUT2D eigenvalue weighted by atomic mass is 16.6. The molecular weight excluding hydrogens is 496 g/mol. The lowest BCUT2D eigenvalue weighted by Gasteiger charge is -2.49. The van der Waals surface area contributed by atoms with Gasteiger partial charge in [-0.05, 0) is 69.5 Å². The SMILES string of the molecule is CC(C)c1ccc2c(c1)C1c3cc(C(C)C)ccc3C2C(OC(=O)c2ccccc2)C1OC(=O)c1ccccc1. The van der Waals surface area contributed by atoms with Crippen molar-refractivity contribution >= 4 is 11.9 Å². The Morgan fingerprint density at radius 3 is 1.27 bits per heavy atom. The van der Waals surface area contributed by atoms with Gasteiger partial charge in [0.05, 0.1) is 23.0 Å². The number of rotatable bonds is 6. The Labute approximate surface area is 236 Å². The van der Waals surface area contributed by atoms with Crippen molar-refractivity contribution in [2.24, 2.45) is 0 Å². The summed E-state index contributed by atoms with van der Waals surface area (Å²) in [6.07, 6.45) is -1.34. The first-order valence-corrected chi connectivity index (χ1v) is 14.1. The van der Waals surface area contributed by atoms with Crippen LogP contribution >= 0.6 is 0 Å². The highest BCUT2D eigenvalue weighted by Gasteiger charge is 2.54. The zero-order valence-electron chi connectivity index (χ0n) is 23.3. The van der Waals surface area contributed by atoms with E-state index in [-0.39, 0.29) is 11.8 Å². The summed E-state index contributed by atoms with van der Waals surface area (Å²) >= 11 is 0. The normalized spacial score (nSPS) is 20.6. The zero-order valence-corrected chi connectivity index (χ0v) is 23.3. The number of hydrogen-bond donors (Lipinski definition) is 0. The molecule has 4 nitrogen and oxygen atoms in total. The molecule has 0 amide bonds. The third-order valence-electron chi connectivity index (χ3n) is 8.38. The quantitative estimate of drug-likeness (QED) is 0.237. The van der Waals surface area contributed by atoms with Gasteiger partial charge in [0.25, 0.3) is 0 Å². The number of esters is 2. The van der Waals surface area contributed by atoms with Crippen molar-refractivity contribution in [3.8, 4) is 0 Å². The molecule has 3 aliphatic carbocycles. The van der Waals surface area contributed by atoms with E-state index in [1.807, 2.05) is 36.4 Å². The first kappa shape index (κ1) is 26.1. The zero-order chi connectivity index (χ0) is 28.0. The van der Waals surface area contributed by atoms with Crippen LogP contribution in [0.3, 0.4) is 0 Å². The van der Waals surface area contributed by atoms with Crippen molar-refractivity contribution in [3.05, 3.63) is 142 Å². The van der Waals surface area contributed by atoms with E-state index in [0.29, 0.717) is 23.0 Å². The number of hydrogen-bond acceptors (Lipinski definition) is 4. The van der Waals surface area contributed by atoms with Gasteiger partial charge in [0.15, 0.2) is 12.2 Å². The van der Waals surface area contributed by atoms with Gasteiger partial charge in [0.1, 0.15) is 0 Å². The average molecular weight is 531 g/mol. The Morgan fingerprint density at radius 2 is 0.900 bits per heavy atom. The molecular formula is C36H34O4. The maximum Gasteiger partial charge on any atom is 0.338 e. The van der Waals surface area contributed by atoms with Crippen molar-refractivity contribution in [1.29, 1.82) is 0 Å². The third-order valence-corrected chi connectivity index (χ3v) is 8.38. The van der Waals surface area contributed by atoms with E-state index in [0.717, 1.165) is 22.3 Å². The summed E-state index contributed by atoms with van der Waals surface area (Å²) < 4.78 is 12.7. The number of carbonyl (C=O) groups is 2. The van der Waals surface area contributed by atoms with Crippen LogP contribution in [-0.4, -0.2) is 24.1 Å². The van der Waals surface area contributed by atoms with Crippen LogP contribution < -0.4 is 0 Å². The van der Waals surface area contributed by atoms with Gasteiger partial charge in [0, 0.05) is 0 Å². The molecule has 202 valence electrons. The van der Waals surface area contributed by atoms with Crippen molar-refractivity contribution in [1.82, 2.24) is 0 Å². The summed E-state index contributed by atoms with van der Waals surface area (Å²) in [6.45, 7) is 8.74. The van der Waals surface area contributed by atoms with E-state index in [4.69, 9.17) is 9.47 Å². The van der Waals surface area contributed by atoms with E-state index in [9.17, 15) is 9.59 Å². The Morgan fingerprint density at radius 1 is 0.525 bits per heavy atom. The molecule has 2 atom stereocenters. The van der Waals surface area contributed by atoms with Crippen LogP contribution in [0.2, 0.25) is 0 Å². The summed E-state index contributed by atoms with van der Waals surface area (Å²) in [7, 11) is 0. The van der Waals surface area contributed by atoms with Gasteiger partial charge >= 0.3 is 11.9 Å². The predicted octanol–water partition coefficient (Wildman–Crippen LogP) is 7.98. The maximum atomic E-state index is 13.5. The van der Waals surface area contributed by atoms with E-state index < -0.39 is 24.1 Å². The van der Waals surface area contributed by atoms with E-state index >= 15 is 0 Å². The number of benzene rings is 4. The van der Waals surface area contributed by atoms with Gasteiger partial charge in [-0.3, -0.25) is 0 Å². The molecule has 0 radical (unpaired) electrons.